The van der Waals surface area contributed by atoms with E-state index >= 15 is 0 Å². The predicted octanol–water partition coefficient (Wildman–Crippen LogP) is 1.07. The van der Waals surface area contributed by atoms with Crippen LogP contribution in [0.1, 0.15) is 21.5 Å². The maximum Gasteiger partial charge on any atom is 0.269 e. The first-order chi connectivity index (χ1) is 16.0. The maximum atomic E-state index is 12.5. The lowest BCUT2D eigenvalue weighted by atomic mass is 10.1. The summed E-state index contributed by atoms with van der Waals surface area (Å²) in [5.74, 6) is 0.688. The molecule has 0 aliphatic rings. The fraction of sp³-hybridized carbons (Fsp3) is 0.154. The Morgan fingerprint density at radius 1 is 0.941 bits per heavy atom. The Bertz CT molecular complexity index is 1290. The molecule has 0 unspecified atom stereocenters. The number of hydrogen-bond acceptors (Lipinski definition) is 4. The second kappa shape index (κ2) is 11.4. The van der Waals surface area contributed by atoms with Crippen molar-refractivity contribution in [3.63, 3.8) is 0 Å². The molecule has 0 radical (unpaired) electrons. The van der Waals surface area contributed by atoms with Crippen molar-refractivity contribution in [2.75, 3.05) is 13.7 Å². The van der Waals surface area contributed by atoms with E-state index in [9.17, 15) is 14.9 Å². The molecule has 0 spiro atoms. The molecule has 3 aromatic carbocycles. The van der Waals surface area contributed by atoms with E-state index in [1.807, 2.05) is 65.5 Å². The van der Waals surface area contributed by atoms with E-state index < -0.39 is 4.92 Å². The van der Waals surface area contributed by atoms with Crippen LogP contribution in [0, 0.1) is 10.1 Å². The molecule has 174 valence electrons. The van der Waals surface area contributed by atoms with Gasteiger partial charge in [-0.25, -0.2) is 4.57 Å². The lowest BCUT2D eigenvalue weighted by Crippen LogP contribution is -3.00. The van der Waals surface area contributed by atoms with Gasteiger partial charge in [0.05, 0.1) is 12.0 Å². The Hall–Kier alpha value is -3.78. The fourth-order valence-corrected chi connectivity index (χ4v) is 3.61. The number of nitrogens with one attached hydrogen (secondary N) is 1. The zero-order chi connectivity index (χ0) is 23.2. The number of rotatable bonds is 8. The summed E-state index contributed by atoms with van der Waals surface area (Å²) in [5.41, 5.74) is 2.81. The summed E-state index contributed by atoms with van der Waals surface area (Å²) in [5, 5.41) is 15.8. The normalized spacial score (nSPS) is 10.4. The van der Waals surface area contributed by atoms with E-state index in [0.717, 1.165) is 34.1 Å². The van der Waals surface area contributed by atoms with Crippen molar-refractivity contribution < 1.29 is 36.0 Å². The summed E-state index contributed by atoms with van der Waals surface area (Å²) in [6.45, 7) is 1.16. The molecule has 0 fully saturated rings. The maximum absolute atomic E-state index is 12.5. The third-order valence-corrected chi connectivity index (χ3v) is 5.48. The molecule has 0 saturated heterocycles. The Labute approximate surface area is 207 Å². The second-order valence-electron chi connectivity index (χ2n) is 7.74. The molecule has 1 heterocycles. The molecule has 4 aromatic rings. The Morgan fingerprint density at radius 3 is 2.29 bits per heavy atom. The van der Waals surface area contributed by atoms with Crippen molar-refractivity contribution in [1.82, 2.24) is 5.32 Å². The summed E-state index contributed by atoms with van der Waals surface area (Å²) >= 11 is 0. The number of methoxy groups -OCH3 is 1. The summed E-state index contributed by atoms with van der Waals surface area (Å²) in [6.07, 6.45) is 4.65. The molecule has 1 amide bonds. The standard InChI is InChI=1S/C26H23N3O4.BrH/c1-33-25-9-6-21-16-23(5-4-22(21)17-25)26(30)27-13-10-19-11-14-28(15-12-19)18-20-2-7-24(8-3-20)29(31)32;/h2-9,11-12,14-17H,10,13,18H2,1H3;1H. The van der Waals surface area contributed by atoms with Crippen molar-refractivity contribution in [2.45, 2.75) is 13.0 Å². The van der Waals surface area contributed by atoms with Crippen molar-refractivity contribution in [3.8, 4) is 5.75 Å². The highest BCUT2D eigenvalue weighted by molar-refractivity contribution is 5.98. The molecule has 1 N–H and O–H groups in total. The van der Waals surface area contributed by atoms with Gasteiger partial charge in [0, 0.05) is 41.9 Å². The number of hydrogen-bond donors (Lipinski definition) is 1. The number of benzene rings is 3. The number of nitro groups is 1. The van der Waals surface area contributed by atoms with Gasteiger partial charge in [0.25, 0.3) is 11.6 Å². The van der Waals surface area contributed by atoms with E-state index in [2.05, 4.69) is 5.32 Å². The number of carbonyl (C=O) groups is 1. The summed E-state index contributed by atoms with van der Waals surface area (Å²) in [6, 6.07) is 22.0. The third kappa shape index (κ3) is 6.17. The van der Waals surface area contributed by atoms with Crippen LogP contribution in [0.5, 0.6) is 5.75 Å². The van der Waals surface area contributed by atoms with E-state index in [-0.39, 0.29) is 28.6 Å². The van der Waals surface area contributed by atoms with E-state index in [0.29, 0.717) is 18.7 Å². The number of aromatic nitrogens is 1. The molecular formula is C26H24BrN3O4. The Balaban J connectivity index is 0.00000324. The van der Waals surface area contributed by atoms with Crippen LogP contribution in [-0.2, 0) is 13.0 Å². The van der Waals surface area contributed by atoms with Crippen LogP contribution in [-0.4, -0.2) is 24.5 Å². The van der Waals surface area contributed by atoms with Gasteiger partial charge in [-0.2, -0.15) is 0 Å². The third-order valence-electron chi connectivity index (χ3n) is 5.48. The van der Waals surface area contributed by atoms with Gasteiger partial charge in [0.1, 0.15) is 5.75 Å². The van der Waals surface area contributed by atoms with Crippen molar-refractivity contribution in [3.05, 3.63) is 112 Å². The molecule has 34 heavy (non-hydrogen) atoms. The number of amides is 1. The number of ether oxygens (including phenoxy) is 1. The van der Waals surface area contributed by atoms with E-state index in [4.69, 9.17) is 4.74 Å². The summed E-state index contributed by atoms with van der Waals surface area (Å²) in [4.78, 5) is 22.9. The zero-order valence-corrected chi connectivity index (χ0v) is 20.2. The number of nitro benzene ring substituents is 1. The molecule has 0 saturated carbocycles. The largest absolute Gasteiger partial charge is 1.00 e. The van der Waals surface area contributed by atoms with Gasteiger partial charge < -0.3 is 27.0 Å². The average Bonchev–Trinajstić information content (AvgIpc) is 2.84. The number of carbonyl (C=O) groups excluding carboxylic acids is 1. The highest BCUT2D eigenvalue weighted by atomic mass is 79.9. The highest BCUT2D eigenvalue weighted by Gasteiger charge is 2.09. The molecule has 7 nitrogen and oxygen atoms in total. The second-order valence-corrected chi connectivity index (χ2v) is 7.74. The minimum absolute atomic E-state index is 0. The molecule has 4 rings (SSSR count). The van der Waals surface area contributed by atoms with Crippen LogP contribution in [0.2, 0.25) is 0 Å². The van der Waals surface area contributed by atoms with E-state index in [1.54, 1.807) is 19.2 Å². The molecule has 0 aliphatic heterocycles. The molecule has 8 heteroatoms. The number of pyridine rings is 1. The van der Waals surface area contributed by atoms with Gasteiger partial charge in [-0.3, -0.25) is 14.9 Å². The Morgan fingerprint density at radius 2 is 1.62 bits per heavy atom. The first kappa shape index (κ1) is 24.9. The molecule has 0 atom stereocenters. The van der Waals surface area contributed by atoms with Crippen molar-refractivity contribution in [2.24, 2.45) is 0 Å². The average molecular weight is 522 g/mol. The number of halogens is 1. The molecule has 0 aliphatic carbocycles. The van der Waals surface area contributed by atoms with Gasteiger partial charge in [-0.15, -0.1) is 0 Å². The number of fused-ring (bicyclic) bond motifs is 1. The fourth-order valence-electron chi connectivity index (χ4n) is 3.61. The van der Waals surface area contributed by atoms with Crippen LogP contribution < -0.4 is 31.6 Å². The highest BCUT2D eigenvalue weighted by Crippen LogP contribution is 2.21. The van der Waals surface area contributed by atoms with Crippen LogP contribution in [0.4, 0.5) is 5.69 Å². The summed E-state index contributed by atoms with van der Waals surface area (Å²) in [7, 11) is 1.63. The van der Waals surface area contributed by atoms with Crippen molar-refractivity contribution in [1.29, 1.82) is 0 Å². The molecular weight excluding hydrogens is 498 g/mol. The van der Waals surface area contributed by atoms with Crippen LogP contribution in [0.3, 0.4) is 0 Å². The number of nitrogens with zero attached hydrogens (tertiary/aromatic N) is 2. The van der Waals surface area contributed by atoms with Crippen LogP contribution in [0.15, 0.2) is 85.2 Å². The molecule has 0 bridgehead atoms. The topological polar surface area (TPSA) is 85.3 Å². The monoisotopic (exact) mass is 521 g/mol. The lowest BCUT2D eigenvalue weighted by Gasteiger charge is -2.07. The van der Waals surface area contributed by atoms with Crippen molar-refractivity contribution >= 4 is 22.4 Å². The van der Waals surface area contributed by atoms with E-state index in [1.165, 1.54) is 12.1 Å². The SMILES string of the molecule is COc1ccc2cc(C(=O)NCCc3cc[n+](Cc4ccc([N+](=O)[O-])cc4)cc3)ccc2c1.[Br-]. The van der Waals surface area contributed by atoms with Gasteiger partial charge in [-0.1, -0.05) is 12.1 Å². The minimum Gasteiger partial charge on any atom is -1.00 e. The van der Waals surface area contributed by atoms with Crippen LogP contribution >= 0.6 is 0 Å². The van der Waals surface area contributed by atoms with Gasteiger partial charge >= 0.3 is 0 Å². The van der Waals surface area contributed by atoms with Crippen LogP contribution in [0.25, 0.3) is 10.8 Å². The van der Waals surface area contributed by atoms with Gasteiger partial charge in [0.2, 0.25) is 0 Å². The minimum atomic E-state index is -0.401. The Kier molecular flexibility index (Phi) is 8.32. The quantitative estimate of drug-likeness (QED) is 0.213. The number of non-ortho nitro benzene ring substituents is 1. The zero-order valence-electron chi connectivity index (χ0n) is 18.6. The molecule has 1 aromatic heterocycles. The summed E-state index contributed by atoms with van der Waals surface area (Å²) < 4.78 is 7.25. The van der Waals surface area contributed by atoms with Gasteiger partial charge in [-0.05, 0) is 59.2 Å². The van der Waals surface area contributed by atoms with Gasteiger partial charge in [0.15, 0.2) is 18.9 Å². The smallest absolute Gasteiger partial charge is 0.269 e. The predicted molar refractivity (Wildman–Crippen MR) is 125 cm³/mol. The first-order valence-electron chi connectivity index (χ1n) is 10.6. The first-order valence-corrected chi connectivity index (χ1v) is 10.6. The lowest BCUT2D eigenvalue weighted by molar-refractivity contribution is -0.688.